The molecule has 2 rings (SSSR count). The Morgan fingerprint density at radius 2 is 2.00 bits per heavy atom. The lowest BCUT2D eigenvalue weighted by Crippen LogP contribution is -1.94. The fourth-order valence-electron chi connectivity index (χ4n) is 1.42. The summed E-state index contributed by atoms with van der Waals surface area (Å²) >= 11 is 0. The van der Waals surface area contributed by atoms with Gasteiger partial charge in [0.1, 0.15) is 12.0 Å². The van der Waals surface area contributed by atoms with Crippen LogP contribution in [-0.4, -0.2) is 16.1 Å². The fraction of sp³-hybridized carbons (Fsp3) is 0. The van der Waals surface area contributed by atoms with Crippen molar-refractivity contribution in [2.45, 2.75) is 0 Å². The number of aromatic nitrogens is 1. The molecule has 0 radical (unpaired) electrons. The highest BCUT2D eigenvalue weighted by atomic mass is 16.6. The summed E-state index contributed by atoms with van der Waals surface area (Å²) in [5.41, 5.74) is 3.71. The van der Waals surface area contributed by atoms with E-state index >= 15 is 0 Å². The smallest absolute Gasteiger partial charge is 0.261 e. The molecule has 20 heavy (non-hydrogen) atoms. The van der Waals surface area contributed by atoms with E-state index in [9.17, 15) is 10.1 Å². The van der Waals surface area contributed by atoms with Crippen LogP contribution >= 0.6 is 0 Å². The number of nitrogens with one attached hydrogen (secondary N) is 1. The summed E-state index contributed by atoms with van der Waals surface area (Å²) in [6.07, 6.45) is 6.45. The van der Waals surface area contributed by atoms with Gasteiger partial charge in [-0.1, -0.05) is 36.4 Å². The summed E-state index contributed by atoms with van der Waals surface area (Å²) in [6.45, 7) is 0. The fourth-order valence-corrected chi connectivity index (χ4v) is 1.42. The first kappa shape index (κ1) is 13.4. The van der Waals surface area contributed by atoms with Crippen molar-refractivity contribution in [2.75, 3.05) is 5.43 Å². The van der Waals surface area contributed by atoms with Gasteiger partial charge in [-0.3, -0.25) is 15.5 Å². The lowest BCUT2D eigenvalue weighted by Gasteiger charge is -1.96. The van der Waals surface area contributed by atoms with Crippen molar-refractivity contribution in [3.8, 4) is 0 Å². The van der Waals surface area contributed by atoms with Crippen LogP contribution in [0.1, 0.15) is 5.56 Å². The Kier molecular flexibility index (Phi) is 4.55. The number of hydrazone groups is 1. The maximum absolute atomic E-state index is 10.5. The Morgan fingerprint density at radius 1 is 1.20 bits per heavy atom. The molecule has 0 aliphatic heterocycles. The third-order valence-electron chi connectivity index (χ3n) is 2.39. The summed E-state index contributed by atoms with van der Waals surface area (Å²) in [5, 5.41) is 14.4. The van der Waals surface area contributed by atoms with Crippen LogP contribution in [0, 0.1) is 10.1 Å². The molecular formula is C14H12N4O2. The molecule has 0 saturated carbocycles. The Hall–Kier alpha value is -3.02. The monoisotopic (exact) mass is 268 g/mol. The lowest BCUT2D eigenvalue weighted by atomic mass is 10.2. The molecule has 0 spiro atoms. The zero-order valence-corrected chi connectivity index (χ0v) is 10.5. The number of anilines is 1. The predicted molar refractivity (Wildman–Crippen MR) is 78.5 cm³/mol. The van der Waals surface area contributed by atoms with Crippen LogP contribution in [0.4, 0.5) is 11.5 Å². The minimum Gasteiger partial charge on any atom is -0.261 e. The maximum atomic E-state index is 10.5. The van der Waals surface area contributed by atoms with Crippen molar-refractivity contribution in [1.82, 2.24) is 4.98 Å². The highest BCUT2D eigenvalue weighted by molar-refractivity contribution is 5.78. The number of nitro groups is 1. The van der Waals surface area contributed by atoms with Gasteiger partial charge in [0.15, 0.2) is 0 Å². The van der Waals surface area contributed by atoms with Gasteiger partial charge in [-0.2, -0.15) is 5.10 Å². The summed E-state index contributed by atoms with van der Waals surface area (Å²) in [6, 6.07) is 12.7. The second-order valence-electron chi connectivity index (χ2n) is 3.82. The Labute approximate surface area is 115 Å². The highest BCUT2D eigenvalue weighted by Gasteiger charge is 2.03. The van der Waals surface area contributed by atoms with Gasteiger partial charge in [-0.15, -0.1) is 0 Å². The molecule has 1 aromatic carbocycles. The molecule has 0 saturated heterocycles. The van der Waals surface area contributed by atoms with Crippen LogP contribution in [-0.2, 0) is 0 Å². The molecule has 6 nitrogen and oxygen atoms in total. The van der Waals surface area contributed by atoms with Crippen LogP contribution < -0.4 is 5.43 Å². The standard InChI is InChI=1S/C14H12N4O2/c19-18(20)13-8-9-14(15-11-13)17-16-10-4-7-12-5-2-1-3-6-12/h1-11H,(H,15,17)/b7-4+,16-10+. The van der Waals surface area contributed by atoms with Gasteiger partial charge in [0.05, 0.1) is 4.92 Å². The summed E-state index contributed by atoms with van der Waals surface area (Å²) in [7, 11) is 0. The normalized spacial score (nSPS) is 11.0. The largest absolute Gasteiger partial charge is 0.287 e. The molecule has 1 aromatic heterocycles. The van der Waals surface area contributed by atoms with E-state index in [1.165, 1.54) is 18.3 Å². The van der Waals surface area contributed by atoms with E-state index in [0.717, 1.165) is 5.56 Å². The Balaban J connectivity index is 1.87. The molecule has 0 aliphatic rings. The number of pyridine rings is 1. The van der Waals surface area contributed by atoms with Crippen LogP contribution in [0.25, 0.3) is 6.08 Å². The molecule has 1 heterocycles. The van der Waals surface area contributed by atoms with Crippen molar-refractivity contribution in [2.24, 2.45) is 5.10 Å². The minimum absolute atomic E-state index is 0.0523. The molecule has 2 aromatic rings. The molecule has 100 valence electrons. The van der Waals surface area contributed by atoms with Crippen LogP contribution in [0.2, 0.25) is 0 Å². The van der Waals surface area contributed by atoms with Crippen LogP contribution in [0.15, 0.2) is 59.8 Å². The van der Waals surface area contributed by atoms with Gasteiger partial charge in [-0.25, -0.2) is 4.98 Å². The van der Waals surface area contributed by atoms with Crippen LogP contribution in [0.5, 0.6) is 0 Å². The van der Waals surface area contributed by atoms with Gasteiger partial charge < -0.3 is 0 Å². The second-order valence-corrected chi connectivity index (χ2v) is 3.82. The molecular weight excluding hydrogens is 256 g/mol. The molecule has 0 unspecified atom stereocenters. The minimum atomic E-state index is -0.497. The van der Waals surface area contributed by atoms with Gasteiger partial charge >= 0.3 is 0 Å². The van der Waals surface area contributed by atoms with Gasteiger partial charge in [0.2, 0.25) is 0 Å². The predicted octanol–water partition coefficient (Wildman–Crippen LogP) is 3.10. The van der Waals surface area contributed by atoms with Crippen molar-refractivity contribution in [3.05, 3.63) is 70.4 Å². The van der Waals surface area contributed by atoms with E-state index in [-0.39, 0.29) is 5.69 Å². The SMILES string of the molecule is O=[N+]([O-])c1ccc(N/N=C/C=C/c2ccccc2)nc1. The molecule has 0 aliphatic carbocycles. The van der Waals surface area contributed by atoms with Crippen molar-refractivity contribution in [1.29, 1.82) is 0 Å². The number of hydrogen-bond acceptors (Lipinski definition) is 5. The average Bonchev–Trinajstić information content (AvgIpc) is 2.48. The summed E-state index contributed by atoms with van der Waals surface area (Å²) in [5.74, 6) is 0.444. The van der Waals surface area contributed by atoms with E-state index in [1.807, 2.05) is 36.4 Å². The molecule has 0 amide bonds. The first-order chi connectivity index (χ1) is 9.75. The van der Waals surface area contributed by atoms with Crippen molar-refractivity contribution < 1.29 is 4.92 Å². The average molecular weight is 268 g/mol. The lowest BCUT2D eigenvalue weighted by molar-refractivity contribution is -0.385. The molecule has 0 atom stereocenters. The van der Waals surface area contributed by atoms with Gasteiger partial charge in [-0.05, 0) is 17.7 Å². The maximum Gasteiger partial charge on any atom is 0.287 e. The molecule has 6 heteroatoms. The molecule has 1 N–H and O–H groups in total. The second kappa shape index (κ2) is 6.79. The van der Waals surface area contributed by atoms with Gasteiger partial charge in [0, 0.05) is 12.3 Å². The number of nitrogens with zero attached hydrogens (tertiary/aromatic N) is 3. The number of benzene rings is 1. The van der Waals surface area contributed by atoms with E-state index in [2.05, 4.69) is 15.5 Å². The quantitative estimate of drug-likeness (QED) is 0.513. The van der Waals surface area contributed by atoms with Crippen LogP contribution in [0.3, 0.4) is 0 Å². The Morgan fingerprint density at radius 3 is 2.65 bits per heavy atom. The number of hydrogen-bond donors (Lipinski definition) is 1. The Bertz CT molecular complexity index is 621. The van der Waals surface area contributed by atoms with Crippen molar-refractivity contribution in [3.63, 3.8) is 0 Å². The summed E-state index contributed by atoms with van der Waals surface area (Å²) in [4.78, 5) is 13.8. The highest BCUT2D eigenvalue weighted by Crippen LogP contribution is 2.11. The van der Waals surface area contributed by atoms with Gasteiger partial charge in [0.25, 0.3) is 5.69 Å². The van der Waals surface area contributed by atoms with Crippen molar-refractivity contribution >= 4 is 23.8 Å². The van der Waals surface area contributed by atoms with E-state index in [4.69, 9.17) is 0 Å². The van der Waals surface area contributed by atoms with E-state index in [0.29, 0.717) is 5.82 Å². The zero-order chi connectivity index (χ0) is 14.2. The molecule has 0 fully saturated rings. The van der Waals surface area contributed by atoms with E-state index < -0.39 is 4.92 Å². The first-order valence-electron chi connectivity index (χ1n) is 5.87. The summed E-state index contributed by atoms with van der Waals surface area (Å²) < 4.78 is 0. The number of allylic oxidation sites excluding steroid dienone is 1. The third-order valence-corrected chi connectivity index (χ3v) is 2.39. The van der Waals surface area contributed by atoms with E-state index in [1.54, 1.807) is 12.3 Å². The zero-order valence-electron chi connectivity index (χ0n) is 10.5. The molecule has 0 bridgehead atoms. The number of rotatable bonds is 5. The third kappa shape index (κ3) is 4.02. The first-order valence-corrected chi connectivity index (χ1v) is 5.87. The topological polar surface area (TPSA) is 80.4 Å².